The summed E-state index contributed by atoms with van der Waals surface area (Å²) in [5.74, 6) is 0.586. The third-order valence-electron chi connectivity index (χ3n) is 4.42. The molecule has 0 spiro atoms. The van der Waals surface area contributed by atoms with Crippen LogP contribution in [0.1, 0.15) is 43.8 Å². The van der Waals surface area contributed by atoms with Crippen LogP contribution >= 0.6 is 0 Å². The van der Waals surface area contributed by atoms with Crippen molar-refractivity contribution in [1.29, 1.82) is 0 Å². The van der Waals surface area contributed by atoms with Crippen LogP contribution in [0.5, 0.6) is 0 Å². The van der Waals surface area contributed by atoms with Gasteiger partial charge in [0.05, 0.1) is 6.10 Å². The van der Waals surface area contributed by atoms with Crippen molar-refractivity contribution in [2.45, 2.75) is 44.2 Å². The number of unbranched alkanes of at least 4 members (excludes halogenated alkanes) is 1. The van der Waals surface area contributed by atoms with Gasteiger partial charge in [-0.05, 0) is 38.2 Å². The molecule has 0 aliphatic carbocycles. The molecule has 2 N–H and O–H groups in total. The second kappa shape index (κ2) is 5.93. The second-order valence-corrected chi connectivity index (χ2v) is 5.65. The standard InChI is InChI=1S/C16H23NO2/c18-10-4-3-9-15-13-7-5-11-19-16(13)12-6-1-2-8-14(12)17-15/h1-2,6,8,13,15-18H,3-5,7,9-11H2/t13-,15?,16+/m1/s1. The van der Waals surface area contributed by atoms with Crippen molar-refractivity contribution in [3.05, 3.63) is 29.8 Å². The van der Waals surface area contributed by atoms with E-state index >= 15 is 0 Å². The molecule has 3 heteroatoms. The number of anilines is 1. The van der Waals surface area contributed by atoms with E-state index in [-0.39, 0.29) is 6.10 Å². The largest absolute Gasteiger partial charge is 0.396 e. The van der Waals surface area contributed by atoms with Gasteiger partial charge in [-0.25, -0.2) is 0 Å². The molecule has 0 amide bonds. The number of ether oxygens (including phenoxy) is 1. The predicted molar refractivity (Wildman–Crippen MR) is 76.2 cm³/mol. The van der Waals surface area contributed by atoms with Gasteiger partial charge >= 0.3 is 0 Å². The van der Waals surface area contributed by atoms with Crippen molar-refractivity contribution in [3.8, 4) is 0 Å². The fourth-order valence-electron chi connectivity index (χ4n) is 3.48. The fraction of sp³-hybridized carbons (Fsp3) is 0.625. The first kappa shape index (κ1) is 12.9. The lowest BCUT2D eigenvalue weighted by atomic mass is 9.78. The maximum Gasteiger partial charge on any atom is 0.0892 e. The molecule has 2 aliphatic rings. The minimum atomic E-state index is 0.269. The highest BCUT2D eigenvalue weighted by Gasteiger charge is 2.38. The maximum atomic E-state index is 8.94. The van der Waals surface area contributed by atoms with Crippen LogP contribution in [0.3, 0.4) is 0 Å². The van der Waals surface area contributed by atoms with Crippen molar-refractivity contribution < 1.29 is 9.84 Å². The van der Waals surface area contributed by atoms with Crippen LogP contribution in [0.25, 0.3) is 0 Å². The Morgan fingerprint density at radius 2 is 2.16 bits per heavy atom. The van der Waals surface area contributed by atoms with Crippen molar-refractivity contribution >= 4 is 5.69 Å². The summed E-state index contributed by atoms with van der Waals surface area (Å²) in [6.07, 6.45) is 5.79. The van der Waals surface area contributed by atoms with Gasteiger partial charge in [0.2, 0.25) is 0 Å². The molecule has 19 heavy (non-hydrogen) atoms. The van der Waals surface area contributed by atoms with Crippen LogP contribution in [0.2, 0.25) is 0 Å². The molecule has 0 radical (unpaired) electrons. The average Bonchev–Trinajstić information content (AvgIpc) is 2.47. The van der Waals surface area contributed by atoms with E-state index in [4.69, 9.17) is 9.84 Å². The number of aliphatic hydroxyl groups is 1. The summed E-state index contributed by atoms with van der Waals surface area (Å²) in [7, 11) is 0. The van der Waals surface area contributed by atoms with E-state index in [2.05, 4.69) is 29.6 Å². The summed E-state index contributed by atoms with van der Waals surface area (Å²) >= 11 is 0. The first-order chi connectivity index (χ1) is 9.40. The lowest BCUT2D eigenvalue weighted by Gasteiger charge is -2.43. The minimum absolute atomic E-state index is 0.269. The van der Waals surface area contributed by atoms with Gasteiger partial charge in [0, 0.05) is 36.4 Å². The van der Waals surface area contributed by atoms with Crippen molar-refractivity contribution in [3.63, 3.8) is 0 Å². The minimum Gasteiger partial charge on any atom is -0.396 e. The molecule has 104 valence electrons. The van der Waals surface area contributed by atoms with E-state index < -0.39 is 0 Å². The molecule has 3 atom stereocenters. The van der Waals surface area contributed by atoms with Crippen molar-refractivity contribution in [1.82, 2.24) is 0 Å². The number of hydrogen-bond donors (Lipinski definition) is 2. The molecule has 2 aliphatic heterocycles. The van der Waals surface area contributed by atoms with Gasteiger partial charge in [0.25, 0.3) is 0 Å². The van der Waals surface area contributed by atoms with E-state index in [1.165, 1.54) is 24.1 Å². The maximum absolute atomic E-state index is 8.94. The molecule has 1 saturated heterocycles. The van der Waals surface area contributed by atoms with Gasteiger partial charge < -0.3 is 15.2 Å². The molecule has 1 unspecified atom stereocenters. The Labute approximate surface area is 115 Å². The number of benzene rings is 1. The number of rotatable bonds is 4. The van der Waals surface area contributed by atoms with Crippen molar-refractivity contribution in [2.24, 2.45) is 5.92 Å². The number of para-hydroxylation sites is 1. The highest BCUT2D eigenvalue weighted by molar-refractivity contribution is 5.55. The Morgan fingerprint density at radius 1 is 1.26 bits per heavy atom. The van der Waals surface area contributed by atoms with Crippen LogP contribution in [0.15, 0.2) is 24.3 Å². The molecule has 1 fully saturated rings. The zero-order valence-corrected chi connectivity index (χ0v) is 11.3. The van der Waals surface area contributed by atoms with Crippen LogP contribution in [0, 0.1) is 5.92 Å². The Balaban J connectivity index is 1.79. The quantitative estimate of drug-likeness (QED) is 0.818. The lowest BCUT2D eigenvalue weighted by Crippen LogP contribution is -2.41. The van der Waals surface area contributed by atoms with Gasteiger partial charge in [0.15, 0.2) is 0 Å². The Hall–Kier alpha value is -1.06. The first-order valence-electron chi connectivity index (χ1n) is 7.48. The van der Waals surface area contributed by atoms with Gasteiger partial charge in [-0.15, -0.1) is 0 Å². The summed E-state index contributed by atoms with van der Waals surface area (Å²) in [5.41, 5.74) is 2.56. The molecular formula is C16H23NO2. The summed E-state index contributed by atoms with van der Waals surface area (Å²) < 4.78 is 6.06. The third-order valence-corrected chi connectivity index (χ3v) is 4.42. The zero-order valence-electron chi connectivity index (χ0n) is 11.3. The van der Waals surface area contributed by atoms with E-state index in [1.807, 2.05) is 0 Å². The molecular weight excluding hydrogens is 238 g/mol. The number of aliphatic hydroxyl groups excluding tert-OH is 1. The van der Waals surface area contributed by atoms with Gasteiger partial charge in [0.1, 0.15) is 0 Å². The summed E-state index contributed by atoms with van der Waals surface area (Å²) in [5, 5.41) is 12.6. The monoisotopic (exact) mass is 261 g/mol. The summed E-state index contributed by atoms with van der Waals surface area (Å²) in [6.45, 7) is 1.19. The van der Waals surface area contributed by atoms with Crippen LogP contribution in [0.4, 0.5) is 5.69 Å². The average molecular weight is 261 g/mol. The highest BCUT2D eigenvalue weighted by Crippen LogP contribution is 2.44. The Bertz CT molecular complexity index is 421. The van der Waals surface area contributed by atoms with Crippen molar-refractivity contribution in [2.75, 3.05) is 18.5 Å². The van der Waals surface area contributed by atoms with Gasteiger partial charge in [-0.1, -0.05) is 18.2 Å². The SMILES string of the molecule is OCCCCC1Nc2ccccc2[C@@H]2OCCC[C@H]12. The lowest BCUT2D eigenvalue weighted by molar-refractivity contribution is -0.0387. The molecule has 2 heterocycles. The molecule has 3 nitrogen and oxygen atoms in total. The number of nitrogens with one attached hydrogen (secondary N) is 1. The van der Waals surface area contributed by atoms with Crippen LogP contribution < -0.4 is 5.32 Å². The Morgan fingerprint density at radius 3 is 3.05 bits per heavy atom. The van der Waals surface area contributed by atoms with E-state index in [1.54, 1.807) is 0 Å². The highest BCUT2D eigenvalue weighted by atomic mass is 16.5. The molecule has 1 aromatic carbocycles. The number of fused-ring (bicyclic) bond motifs is 3. The molecule has 0 saturated carbocycles. The smallest absolute Gasteiger partial charge is 0.0892 e. The van der Waals surface area contributed by atoms with Crippen LogP contribution in [-0.4, -0.2) is 24.4 Å². The molecule has 3 rings (SSSR count). The third kappa shape index (κ3) is 2.63. The Kier molecular flexibility index (Phi) is 4.04. The summed E-state index contributed by atoms with van der Waals surface area (Å²) in [4.78, 5) is 0. The normalized spacial score (nSPS) is 29.2. The fourth-order valence-corrected chi connectivity index (χ4v) is 3.48. The molecule has 1 aromatic rings. The van der Waals surface area contributed by atoms with E-state index in [9.17, 15) is 0 Å². The predicted octanol–water partition coefficient (Wildman–Crippen LogP) is 3.11. The summed E-state index contributed by atoms with van der Waals surface area (Å²) in [6, 6.07) is 9.02. The van der Waals surface area contributed by atoms with Crippen LogP contribution in [-0.2, 0) is 4.74 Å². The second-order valence-electron chi connectivity index (χ2n) is 5.65. The van der Waals surface area contributed by atoms with Gasteiger partial charge in [-0.2, -0.15) is 0 Å². The molecule has 0 bridgehead atoms. The topological polar surface area (TPSA) is 41.5 Å². The van der Waals surface area contributed by atoms with E-state index in [0.29, 0.717) is 18.6 Å². The first-order valence-corrected chi connectivity index (χ1v) is 7.48. The zero-order chi connectivity index (χ0) is 13.1. The van der Waals surface area contributed by atoms with E-state index in [0.717, 1.165) is 25.9 Å². The molecule has 0 aromatic heterocycles. The number of hydrogen-bond acceptors (Lipinski definition) is 3. The van der Waals surface area contributed by atoms with Gasteiger partial charge in [-0.3, -0.25) is 0 Å².